The standard InChI is InChI=1S/C37H62N2O10/c1-9-29(41)27(4)34-30(47-34)24-36(5,44)15-10-11-25(2)33-26(3)12-13-31(37(6,46-8)16-14-28(40)23-32(42)49-33)48-35(43)39-19-17-38(18-20-39)21-22-45-7/h10-13,15,26-31,33-34,40-41,44H,9,14,16-24H2,1-8H3. The van der Waals surface area contributed by atoms with E-state index < -0.39 is 47.7 Å². The Hall–Kier alpha value is -2.32. The zero-order valence-electron chi connectivity index (χ0n) is 30.9. The minimum absolute atomic E-state index is 0.00685. The molecule has 3 rings (SSSR count). The summed E-state index contributed by atoms with van der Waals surface area (Å²) in [5.41, 5.74) is -1.37. The summed E-state index contributed by atoms with van der Waals surface area (Å²) in [4.78, 5) is 30.3. The molecule has 0 aromatic carbocycles. The number of nitrogens with zero attached hydrogens (tertiary/aromatic N) is 2. The highest BCUT2D eigenvalue weighted by molar-refractivity contribution is 5.70. The van der Waals surface area contributed by atoms with Crippen LogP contribution in [0.5, 0.6) is 0 Å². The van der Waals surface area contributed by atoms with Crippen LogP contribution < -0.4 is 0 Å². The predicted molar refractivity (Wildman–Crippen MR) is 186 cm³/mol. The van der Waals surface area contributed by atoms with Crippen molar-refractivity contribution in [1.82, 2.24) is 9.80 Å². The van der Waals surface area contributed by atoms with Crippen molar-refractivity contribution in [3.05, 3.63) is 36.0 Å². The topological polar surface area (TPSA) is 151 Å². The Labute approximate surface area is 293 Å². The summed E-state index contributed by atoms with van der Waals surface area (Å²) in [5, 5.41) is 32.0. The summed E-state index contributed by atoms with van der Waals surface area (Å²) in [6, 6.07) is 0. The van der Waals surface area contributed by atoms with Gasteiger partial charge < -0.3 is 43.9 Å². The van der Waals surface area contributed by atoms with E-state index in [4.69, 9.17) is 23.7 Å². The van der Waals surface area contributed by atoms with Crippen molar-refractivity contribution in [1.29, 1.82) is 0 Å². The van der Waals surface area contributed by atoms with Crippen molar-refractivity contribution in [3.63, 3.8) is 0 Å². The summed E-state index contributed by atoms with van der Waals surface area (Å²) in [6.07, 6.45) is 6.86. The van der Waals surface area contributed by atoms with E-state index in [9.17, 15) is 24.9 Å². The molecule has 12 nitrogen and oxygen atoms in total. The number of epoxide rings is 1. The minimum atomic E-state index is -1.15. The molecule has 3 aliphatic rings. The fourth-order valence-corrected chi connectivity index (χ4v) is 6.57. The van der Waals surface area contributed by atoms with Crippen molar-refractivity contribution in [2.75, 3.05) is 53.6 Å². The second-order valence-electron chi connectivity index (χ2n) is 14.5. The third kappa shape index (κ3) is 12.4. The fourth-order valence-electron chi connectivity index (χ4n) is 6.57. The fraction of sp³-hybridized carbons (Fsp3) is 0.784. The number of carbonyl (C=O) groups is 2. The van der Waals surface area contributed by atoms with Gasteiger partial charge in [0.15, 0.2) is 6.10 Å². The monoisotopic (exact) mass is 694 g/mol. The van der Waals surface area contributed by atoms with Crippen LogP contribution in [0.2, 0.25) is 0 Å². The number of aliphatic hydroxyl groups is 3. The Morgan fingerprint density at radius 1 is 1.22 bits per heavy atom. The molecule has 0 bridgehead atoms. The molecule has 0 radical (unpaired) electrons. The number of piperazine rings is 1. The maximum Gasteiger partial charge on any atom is 0.410 e. The molecular formula is C37H62N2O10. The van der Waals surface area contributed by atoms with Gasteiger partial charge in [0, 0.05) is 65.2 Å². The lowest BCUT2D eigenvalue weighted by molar-refractivity contribution is -0.151. The van der Waals surface area contributed by atoms with Gasteiger partial charge in [-0.05, 0) is 51.7 Å². The number of rotatable bonds is 13. The first kappa shape index (κ1) is 41.1. The van der Waals surface area contributed by atoms with Crippen LogP contribution in [0.25, 0.3) is 0 Å². The molecule has 10 unspecified atom stereocenters. The van der Waals surface area contributed by atoms with Crippen LogP contribution in [0.15, 0.2) is 36.0 Å². The molecule has 0 saturated carbocycles. The average molecular weight is 695 g/mol. The van der Waals surface area contributed by atoms with Gasteiger partial charge in [-0.1, -0.05) is 45.1 Å². The molecule has 0 spiro atoms. The van der Waals surface area contributed by atoms with Crippen LogP contribution in [0.1, 0.15) is 73.6 Å². The molecule has 1 amide bonds. The first-order chi connectivity index (χ1) is 23.1. The number of cyclic esters (lactones) is 1. The average Bonchev–Trinajstić information content (AvgIpc) is 3.83. The van der Waals surface area contributed by atoms with Gasteiger partial charge in [-0.3, -0.25) is 9.69 Å². The van der Waals surface area contributed by atoms with Crippen LogP contribution in [0.3, 0.4) is 0 Å². The summed E-state index contributed by atoms with van der Waals surface area (Å²) in [6.45, 7) is 15.2. The van der Waals surface area contributed by atoms with Crippen molar-refractivity contribution >= 4 is 12.1 Å². The van der Waals surface area contributed by atoms with Gasteiger partial charge in [0.2, 0.25) is 0 Å². The van der Waals surface area contributed by atoms with Crippen molar-refractivity contribution in [2.24, 2.45) is 11.8 Å². The molecule has 49 heavy (non-hydrogen) atoms. The van der Waals surface area contributed by atoms with Crippen LogP contribution in [0, 0.1) is 11.8 Å². The molecule has 3 heterocycles. The molecule has 280 valence electrons. The van der Waals surface area contributed by atoms with Gasteiger partial charge >= 0.3 is 12.1 Å². The number of amides is 1. The number of allylic oxidation sites excluding steroid dienone is 2. The highest BCUT2D eigenvalue weighted by atomic mass is 16.6. The number of hydrogen-bond donors (Lipinski definition) is 3. The molecule has 12 heteroatoms. The summed E-state index contributed by atoms with van der Waals surface area (Å²) in [7, 11) is 3.23. The van der Waals surface area contributed by atoms with Crippen LogP contribution in [0.4, 0.5) is 4.79 Å². The minimum Gasteiger partial charge on any atom is -0.457 e. The van der Waals surface area contributed by atoms with Gasteiger partial charge in [-0.2, -0.15) is 0 Å². The Kier molecular flexibility index (Phi) is 15.8. The Morgan fingerprint density at radius 3 is 2.55 bits per heavy atom. The van der Waals surface area contributed by atoms with E-state index in [1.165, 1.54) is 0 Å². The highest BCUT2D eigenvalue weighted by Crippen LogP contribution is 2.37. The molecule has 3 N–H and O–H groups in total. The van der Waals surface area contributed by atoms with Gasteiger partial charge in [-0.25, -0.2) is 4.79 Å². The zero-order chi connectivity index (χ0) is 36.4. The molecule has 10 atom stereocenters. The van der Waals surface area contributed by atoms with Gasteiger partial charge in [0.05, 0.1) is 43.0 Å². The van der Waals surface area contributed by atoms with E-state index in [-0.39, 0.29) is 36.9 Å². The number of aliphatic hydroxyl groups excluding tert-OH is 2. The third-order valence-electron chi connectivity index (χ3n) is 10.3. The maximum absolute atomic E-state index is 13.4. The third-order valence-corrected chi connectivity index (χ3v) is 10.3. The summed E-state index contributed by atoms with van der Waals surface area (Å²) < 4.78 is 28.9. The molecule has 0 aromatic rings. The van der Waals surface area contributed by atoms with Crippen molar-refractivity contribution in [2.45, 2.75) is 121 Å². The van der Waals surface area contributed by atoms with E-state index in [2.05, 4.69) is 4.90 Å². The Morgan fingerprint density at radius 2 is 1.92 bits per heavy atom. The number of esters is 1. The lowest BCUT2D eigenvalue weighted by Crippen LogP contribution is -2.52. The van der Waals surface area contributed by atoms with E-state index in [1.54, 1.807) is 50.3 Å². The van der Waals surface area contributed by atoms with Gasteiger partial charge in [-0.15, -0.1) is 0 Å². The second kappa shape index (κ2) is 18.8. The lowest BCUT2D eigenvalue weighted by Gasteiger charge is -2.38. The number of ether oxygens (including phenoxy) is 5. The van der Waals surface area contributed by atoms with Crippen LogP contribution in [-0.2, 0) is 28.5 Å². The van der Waals surface area contributed by atoms with E-state index >= 15 is 0 Å². The number of hydrogen-bond acceptors (Lipinski definition) is 11. The van der Waals surface area contributed by atoms with E-state index in [0.717, 1.165) is 25.2 Å². The molecule has 2 saturated heterocycles. The highest BCUT2D eigenvalue weighted by Gasteiger charge is 2.47. The maximum atomic E-state index is 13.4. The second-order valence-corrected chi connectivity index (χ2v) is 14.5. The molecule has 0 aliphatic carbocycles. The van der Waals surface area contributed by atoms with Gasteiger partial charge in [0.1, 0.15) is 11.7 Å². The molecule has 0 aromatic heterocycles. The predicted octanol–water partition coefficient (Wildman–Crippen LogP) is 3.63. The van der Waals surface area contributed by atoms with Crippen LogP contribution in [-0.4, -0.2) is 139 Å². The molecule has 3 aliphatic heterocycles. The SMILES string of the molecule is CCC(O)C(C)C1OC1CC(C)(O)C=CC=C(C)C1OC(=O)CC(O)CCC(C)(OC)C(OC(=O)N2CCN(CCOC)CC2)C=CC1C. The Bertz CT molecular complexity index is 1150. The number of carbonyl (C=O) groups excluding carboxylic acids is 2. The molecular weight excluding hydrogens is 632 g/mol. The van der Waals surface area contributed by atoms with Gasteiger partial charge in [0.25, 0.3) is 0 Å². The van der Waals surface area contributed by atoms with E-state index in [1.807, 2.05) is 40.7 Å². The normalized spacial score (nSPS) is 33.2. The zero-order valence-corrected chi connectivity index (χ0v) is 30.9. The van der Waals surface area contributed by atoms with Crippen molar-refractivity contribution in [3.8, 4) is 0 Å². The Balaban J connectivity index is 1.75. The number of methoxy groups -OCH3 is 2. The quantitative estimate of drug-likeness (QED) is 0.112. The van der Waals surface area contributed by atoms with E-state index in [0.29, 0.717) is 39.0 Å². The van der Waals surface area contributed by atoms with Crippen molar-refractivity contribution < 1.29 is 48.6 Å². The smallest absolute Gasteiger partial charge is 0.410 e. The summed E-state index contributed by atoms with van der Waals surface area (Å²) in [5.74, 6) is -0.855. The first-order valence-corrected chi connectivity index (χ1v) is 17.8. The first-order valence-electron chi connectivity index (χ1n) is 17.8. The lowest BCUT2D eigenvalue weighted by atomic mass is 9.88. The molecule has 2 fully saturated rings. The largest absolute Gasteiger partial charge is 0.457 e. The summed E-state index contributed by atoms with van der Waals surface area (Å²) >= 11 is 0. The van der Waals surface area contributed by atoms with Crippen LogP contribution >= 0.6 is 0 Å².